The summed E-state index contributed by atoms with van der Waals surface area (Å²) in [6.07, 6.45) is -7.34. The van der Waals surface area contributed by atoms with Gasteiger partial charge in [-0.15, -0.1) is 0 Å². The third-order valence-electron chi connectivity index (χ3n) is 3.83. The number of benzene rings is 3. The number of aryl methyl sites for hydroxylation is 1. The molecule has 0 aliphatic heterocycles. The lowest BCUT2D eigenvalue weighted by Gasteiger charge is -2.26. The number of rotatable bonds is 7. The molecule has 3 rings (SSSR count). The van der Waals surface area contributed by atoms with Crippen LogP contribution in [-0.2, 0) is 9.09 Å². The Morgan fingerprint density at radius 1 is 0.759 bits per heavy atom. The first kappa shape index (κ1) is 21.0. The first-order valence-corrected chi connectivity index (χ1v) is 10.1. The molecule has 0 spiro atoms. The fourth-order valence-electron chi connectivity index (χ4n) is 2.46. The molecule has 0 N–H and O–H groups in total. The number of hydrogen-bond donors (Lipinski definition) is 0. The van der Waals surface area contributed by atoms with Gasteiger partial charge in [-0.25, -0.2) is 9.09 Å². The first-order chi connectivity index (χ1) is 13.8. The van der Waals surface area contributed by atoms with Crippen LogP contribution in [-0.4, -0.2) is 6.18 Å². The molecule has 0 heterocycles. The summed E-state index contributed by atoms with van der Waals surface area (Å²) >= 11 is 0. The maximum Gasteiger partial charge on any atom is 0.588 e. The predicted octanol–water partition coefficient (Wildman–Crippen LogP) is 6.88. The number of hydrogen-bond acceptors (Lipinski definition) is 4. The molecule has 4 nitrogen and oxygen atoms in total. The fourth-order valence-corrected chi connectivity index (χ4v) is 3.85. The normalized spacial score (nSPS) is 13.0. The lowest BCUT2D eigenvalue weighted by Crippen LogP contribution is -2.24. The van der Waals surface area contributed by atoms with E-state index in [4.69, 9.17) is 13.6 Å². The van der Waals surface area contributed by atoms with Gasteiger partial charge in [-0.05, 0) is 36.8 Å². The van der Waals surface area contributed by atoms with Crippen molar-refractivity contribution in [1.29, 1.82) is 0 Å². The molecule has 0 aliphatic carbocycles. The first-order valence-electron chi connectivity index (χ1n) is 8.66. The van der Waals surface area contributed by atoms with Gasteiger partial charge < -0.3 is 9.05 Å². The van der Waals surface area contributed by atoms with Gasteiger partial charge in [0.25, 0.3) is 0 Å². The van der Waals surface area contributed by atoms with Crippen molar-refractivity contribution in [3.05, 3.63) is 96.1 Å². The van der Waals surface area contributed by atoms with Gasteiger partial charge in [-0.1, -0.05) is 66.2 Å². The summed E-state index contributed by atoms with van der Waals surface area (Å²) in [5, 5.41) is 0. The Morgan fingerprint density at radius 2 is 1.21 bits per heavy atom. The van der Waals surface area contributed by atoms with Crippen molar-refractivity contribution >= 4 is 7.82 Å². The summed E-state index contributed by atoms with van der Waals surface area (Å²) in [6.45, 7) is 1.75. The predicted molar refractivity (Wildman–Crippen MR) is 103 cm³/mol. The molecule has 8 heteroatoms. The smallest absolute Gasteiger partial charge is 0.395 e. The van der Waals surface area contributed by atoms with Gasteiger partial charge in [0.2, 0.25) is 0 Å². The van der Waals surface area contributed by atoms with Gasteiger partial charge in [0.05, 0.1) is 0 Å². The van der Waals surface area contributed by atoms with Gasteiger partial charge in [-0.3, -0.25) is 0 Å². The van der Waals surface area contributed by atoms with Crippen molar-refractivity contribution in [2.45, 2.75) is 19.2 Å². The number of phosphoric ester groups is 1. The summed E-state index contributed by atoms with van der Waals surface area (Å²) in [4.78, 5) is 0. The van der Waals surface area contributed by atoms with E-state index in [0.29, 0.717) is 0 Å². The molecule has 0 aliphatic rings. The van der Waals surface area contributed by atoms with Crippen LogP contribution in [0.2, 0.25) is 0 Å². The van der Waals surface area contributed by atoms with E-state index in [9.17, 15) is 17.7 Å². The lowest BCUT2D eigenvalue weighted by molar-refractivity contribution is -0.201. The van der Waals surface area contributed by atoms with Crippen molar-refractivity contribution in [2.75, 3.05) is 0 Å². The van der Waals surface area contributed by atoms with E-state index in [1.54, 1.807) is 43.3 Å². The molecular formula is C21H18F3O4P. The Bertz CT molecular complexity index is 915. The molecule has 0 radical (unpaired) electrons. The summed E-state index contributed by atoms with van der Waals surface area (Å²) in [7, 11) is -4.71. The summed E-state index contributed by atoms with van der Waals surface area (Å²) in [5.74, 6) is 0.105. The monoisotopic (exact) mass is 422 g/mol. The van der Waals surface area contributed by atoms with Gasteiger partial charge in [0, 0.05) is 0 Å². The van der Waals surface area contributed by atoms with Crippen LogP contribution < -0.4 is 9.05 Å². The van der Waals surface area contributed by atoms with E-state index >= 15 is 0 Å². The maximum absolute atomic E-state index is 13.8. The molecule has 0 fully saturated rings. The molecule has 3 aromatic carbocycles. The van der Waals surface area contributed by atoms with E-state index in [1.807, 2.05) is 0 Å². The van der Waals surface area contributed by atoms with Crippen molar-refractivity contribution in [3.8, 4) is 11.5 Å². The highest BCUT2D eigenvalue weighted by atomic mass is 31.2. The van der Waals surface area contributed by atoms with E-state index in [1.165, 1.54) is 48.5 Å². The van der Waals surface area contributed by atoms with Crippen LogP contribution >= 0.6 is 7.82 Å². The molecule has 29 heavy (non-hydrogen) atoms. The van der Waals surface area contributed by atoms with Crippen molar-refractivity contribution in [3.63, 3.8) is 0 Å². The van der Waals surface area contributed by atoms with Crippen LogP contribution in [0.25, 0.3) is 0 Å². The van der Waals surface area contributed by atoms with Gasteiger partial charge >= 0.3 is 14.0 Å². The Labute approximate surface area is 166 Å². The second-order valence-electron chi connectivity index (χ2n) is 6.19. The summed E-state index contributed by atoms with van der Waals surface area (Å²) in [6, 6.07) is 21.0. The zero-order valence-corrected chi connectivity index (χ0v) is 16.3. The molecule has 1 atom stereocenters. The van der Waals surface area contributed by atoms with E-state index in [-0.39, 0.29) is 17.1 Å². The highest BCUT2D eigenvalue weighted by Crippen LogP contribution is 2.55. The summed E-state index contributed by atoms with van der Waals surface area (Å²) in [5.41, 5.74) is 0.565. The quantitative estimate of drug-likeness (QED) is 0.389. The minimum atomic E-state index is -4.84. The van der Waals surface area contributed by atoms with Crippen LogP contribution in [0.5, 0.6) is 11.5 Å². The minimum absolute atomic E-state index is 0.0524. The minimum Gasteiger partial charge on any atom is -0.395 e. The number of alkyl halides is 3. The molecule has 0 saturated heterocycles. The largest absolute Gasteiger partial charge is 0.588 e. The van der Waals surface area contributed by atoms with Gasteiger partial charge in [-0.2, -0.15) is 13.2 Å². The zero-order chi connectivity index (χ0) is 20.9. The van der Waals surface area contributed by atoms with Crippen molar-refractivity contribution < 1.29 is 31.3 Å². The lowest BCUT2D eigenvalue weighted by atomic mass is 10.1. The highest BCUT2D eigenvalue weighted by Gasteiger charge is 2.48. The van der Waals surface area contributed by atoms with E-state index in [2.05, 4.69) is 0 Å². The maximum atomic E-state index is 13.8. The molecule has 0 saturated carbocycles. The Hall–Kier alpha value is -2.76. The average Bonchev–Trinajstić information content (AvgIpc) is 2.68. The number of halogens is 3. The van der Waals surface area contributed by atoms with Crippen molar-refractivity contribution in [2.24, 2.45) is 0 Å². The Balaban J connectivity index is 1.96. The van der Waals surface area contributed by atoms with Crippen molar-refractivity contribution in [1.82, 2.24) is 0 Å². The molecular weight excluding hydrogens is 404 g/mol. The fraction of sp³-hybridized carbons (Fsp3) is 0.143. The van der Waals surface area contributed by atoms with E-state index < -0.39 is 20.1 Å². The molecule has 0 aromatic heterocycles. The molecule has 3 aromatic rings. The van der Waals surface area contributed by atoms with Gasteiger partial charge in [0.15, 0.2) is 6.10 Å². The van der Waals surface area contributed by atoms with Gasteiger partial charge in [0.1, 0.15) is 11.5 Å². The van der Waals surface area contributed by atoms with Crippen LogP contribution in [0.4, 0.5) is 13.2 Å². The van der Waals surface area contributed by atoms with Crippen LogP contribution in [0.3, 0.4) is 0 Å². The van der Waals surface area contributed by atoms with Crippen LogP contribution in [0, 0.1) is 6.92 Å². The average molecular weight is 422 g/mol. The molecule has 0 unspecified atom stereocenters. The second kappa shape index (κ2) is 8.72. The molecule has 0 amide bonds. The van der Waals surface area contributed by atoms with Crippen LogP contribution in [0.15, 0.2) is 84.9 Å². The number of para-hydroxylation sites is 2. The standard InChI is InChI=1S/C21H18F3O4P/c1-16-12-14-17(15-13-16)20(21(22,23)24)28-29(25,26-18-8-4-2-5-9-18)27-19-10-6-3-7-11-19/h2-15,20H,1H3/t20-/m1/s1. The topological polar surface area (TPSA) is 44.8 Å². The summed E-state index contributed by atoms with van der Waals surface area (Å²) < 4.78 is 70.2. The molecule has 0 bridgehead atoms. The SMILES string of the molecule is Cc1ccc([C@@H](OP(=O)(Oc2ccccc2)Oc2ccccc2)C(F)(F)F)cc1. The second-order valence-corrected chi connectivity index (χ2v) is 7.66. The third-order valence-corrected chi connectivity index (χ3v) is 5.17. The van der Waals surface area contributed by atoms with Crippen LogP contribution in [0.1, 0.15) is 17.2 Å². The molecule has 152 valence electrons. The zero-order valence-electron chi connectivity index (χ0n) is 15.4. The van der Waals surface area contributed by atoms with E-state index in [0.717, 1.165) is 5.56 Å². The Kier molecular flexibility index (Phi) is 6.30. The Morgan fingerprint density at radius 3 is 1.62 bits per heavy atom. The third kappa shape index (κ3) is 5.86. The highest BCUT2D eigenvalue weighted by molar-refractivity contribution is 7.49. The number of phosphoric acid groups is 1.